The number of imidazole rings is 1. The summed E-state index contributed by atoms with van der Waals surface area (Å²) >= 11 is 0. The normalized spacial score (nSPS) is 10.8. The van der Waals surface area contributed by atoms with E-state index in [2.05, 4.69) is 11.1 Å². The van der Waals surface area contributed by atoms with Crippen LogP contribution < -0.4 is 0 Å². The first-order chi connectivity index (χ1) is 10.0. The highest BCUT2D eigenvalue weighted by molar-refractivity contribution is 5.85. The summed E-state index contributed by atoms with van der Waals surface area (Å²) in [5, 5.41) is 9.12. The van der Waals surface area contributed by atoms with Crippen molar-refractivity contribution in [3.05, 3.63) is 53.1 Å². The third-order valence-corrected chi connectivity index (χ3v) is 3.52. The van der Waals surface area contributed by atoms with Crippen LogP contribution in [-0.2, 0) is 7.05 Å². The minimum Gasteiger partial charge on any atom is -0.327 e. The van der Waals surface area contributed by atoms with Crippen LogP contribution in [0, 0.1) is 29.9 Å². The number of nitriles is 1. The number of nitrogens with zero attached hydrogens (tertiary/aromatic N) is 3. The zero-order chi connectivity index (χ0) is 15.1. The number of hydrogen-bond donors (Lipinski definition) is 0. The monoisotopic (exact) mass is 283 g/mol. The molecule has 0 N–H and O–H groups in total. The van der Waals surface area contributed by atoms with Crippen LogP contribution in [0.1, 0.15) is 11.1 Å². The minimum absolute atomic E-state index is 0.219. The van der Waals surface area contributed by atoms with Crippen molar-refractivity contribution in [3.8, 4) is 17.5 Å². The number of rotatable bonds is 1. The van der Waals surface area contributed by atoms with E-state index in [1.165, 1.54) is 6.07 Å². The highest BCUT2D eigenvalue weighted by Crippen LogP contribution is 2.28. The van der Waals surface area contributed by atoms with Crippen molar-refractivity contribution >= 4 is 11.0 Å². The maximum Gasteiger partial charge on any atom is 0.143 e. The quantitative estimate of drug-likeness (QED) is 0.683. The van der Waals surface area contributed by atoms with Gasteiger partial charge in [0.15, 0.2) is 0 Å². The van der Waals surface area contributed by atoms with Crippen LogP contribution >= 0.6 is 0 Å². The largest absolute Gasteiger partial charge is 0.327 e. The number of benzene rings is 2. The van der Waals surface area contributed by atoms with Crippen molar-refractivity contribution in [3.63, 3.8) is 0 Å². The molecular weight excluding hydrogens is 272 g/mol. The zero-order valence-electron chi connectivity index (χ0n) is 11.5. The summed E-state index contributed by atoms with van der Waals surface area (Å²) in [6, 6.07) is 9.57. The van der Waals surface area contributed by atoms with Crippen molar-refractivity contribution in [2.45, 2.75) is 6.92 Å². The molecule has 3 aromatic rings. The molecule has 5 heteroatoms. The van der Waals surface area contributed by atoms with Crippen molar-refractivity contribution in [2.24, 2.45) is 7.05 Å². The number of halogens is 2. The summed E-state index contributed by atoms with van der Waals surface area (Å²) in [5.74, 6) is -0.893. The standard InChI is InChI=1S/C16H11F2N3/c1-9-6-11(13(18)7-12(9)17)16-20-15-10(8-19)4-3-5-14(15)21(16)2/h3-7H,1-2H3. The van der Waals surface area contributed by atoms with Crippen molar-refractivity contribution in [1.82, 2.24) is 9.55 Å². The molecule has 21 heavy (non-hydrogen) atoms. The van der Waals surface area contributed by atoms with Crippen molar-refractivity contribution < 1.29 is 8.78 Å². The molecule has 0 fully saturated rings. The van der Waals surface area contributed by atoms with Gasteiger partial charge < -0.3 is 4.57 Å². The van der Waals surface area contributed by atoms with Crippen LogP contribution in [0.2, 0.25) is 0 Å². The first-order valence-electron chi connectivity index (χ1n) is 6.34. The molecule has 0 aliphatic rings. The molecule has 0 amide bonds. The second-order valence-corrected chi connectivity index (χ2v) is 4.86. The van der Waals surface area contributed by atoms with Gasteiger partial charge in [0.25, 0.3) is 0 Å². The van der Waals surface area contributed by atoms with E-state index in [9.17, 15) is 8.78 Å². The minimum atomic E-state index is -0.671. The number of hydrogen-bond acceptors (Lipinski definition) is 2. The van der Waals surface area contributed by atoms with Crippen LogP contribution in [0.3, 0.4) is 0 Å². The summed E-state index contributed by atoms with van der Waals surface area (Å²) in [7, 11) is 1.74. The number of para-hydroxylation sites is 1. The Bertz CT molecular complexity index is 904. The highest BCUT2D eigenvalue weighted by atomic mass is 19.1. The molecule has 0 unspecified atom stereocenters. The zero-order valence-corrected chi connectivity index (χ0v) is 11.5. The van der Waals surface area contributed by atoms with Crippen LogP contribution in [0.15, 0.2) is 30.3 Å². The smallest absolute Gasteiger partial charge is 0.143 e. The average Bonchev–Trinajstić information content (AvgIpc) is 2.80. The van der Waals surface area contributed by atoms with E-state index < -0.39 is 11.6 Å². The van der Waals surface area contributed by atoms with Gasteiger partial charge in [-0.1, -0.05) is 6.07 Å². The van der Waals surface area contributed by atoms with E-state index in [0.717, 1.165) is 11.6 Å². The molecule has 0 aliphatic heterocycles. The van der Waals surface area contributed by atoms with Crippen LogP contribution in [0.4, 0.5) is 8.78 Å². The van der Waals surface area contributed by atoms with Gasteiger partial charge in [0, 0.05) is 13.1 Å². The summed E-state index contributed by atoms with van der Waals surface area (Å²) in [4.78, 5) is 4.36. The van der Waals surface area contributed by atoms with Crippen LogP contribution in [-0.4, -0.2) is 9.55 Å². The lowest BCUT2D eigenvalue weighted by Gasteiger charge is -2.06. The topological polar surface area (TPSA) is 41.6 Å². The highest BCUT2D eigenvalue weighted by Gasteiger charge is 2.17. The molecular formula is C16H11F2N3. The SMILES string of the molecule is Cc1cc(-c2nc3c(C#N)cccc3n2C)c(F)cc1F. The van der Waals surface area contributed by atoms with Gasteiger partial charge >= 0.3 is 0 Å². The van der Waals surface area contributed by atoms with Gasteiger partial charge in [0.05, 0.1) is 16.6 Å². The molecule has 0 aliphatic carbocycles. The third kappa shape index (κ3) is 1.96. The lowest BCUT2D eigenvalue weighted by molar-refractivity contribution is 0.578. The fraction of sp³-hybridized carbons (Fsp3) is 0.125. The Labute approximate surface area is 120 Å². The molecule has 1 heterocycles. The second kappa shape index (κ2) is 4.67. The van der Waals surface area contributed by atoms with Crippen LogP contribution in [0.5, 0.6) is 0 Å². The Kier molecular flexibility index (Phi) is 2.95. The van der Waals surface area contributed by atoms with Crippen molar-refractivity contribution in [1.29, 1.82) is 5.26 Å². The molecule has 0 saturated carbocycles. The summed E-state index contributed by atoms with van der Waals surface area (Å²) in [5.41, 5.74) is 2.23. The van der Waals surface area contributed by atoms with Gasteiger partial charge in [-0.2, -0.15) is 5.26 Å². The van der Waals surface area contributed by atoms with E-state index in [0.29, 0.717) is 22.5 Å². The van der Waals surface area contributed by atoms with E-state index >= 15 is 0 Å². The molecule has 0 bridgehead atoms. The van der Waals surface area contributed by atoms with Gasteiger partial charge in [-0.05, 0) is 30.7 Å². The van der Waals surface area contributed by atoms with E-state index in [4.69, 9.17) is 5.26 Å². The molecule has 0 spiro atoms. The van der Waals surface area contributed by atoms with Gasteiger partial charge in [-0.3, -0.25) is 0 Å². The molecule has 3 nitrogen and oxygen atoms in total. The number of aryl methyl sites for hydroxylation is 2. The maximum atomic E-state index is 14.0. The molecule has 0 saturated heterocycles. The fourth-order valence-corrected chi connectivity index (χ4v) is 2.37. The predicted octanol–water partition coefficient (Wildman–Crippen LogP) is 3.70. The second-order valence-electron chi connectivity index (χ2n) is 4.86. The lowest BCUT2D eigenvalue weighted by atomic mass is 10.1. The molecule has 0 atom stereocenters. The van der Waals surface area contributed by atoms with Gasteiger partial charge in [0.1, 0.15) is 29.0 Å². The van der Waals surface area contributed by atoms with Crippen LogP contribution in [0.25, 0.3) is 22.4 Å². The first-order valence-corrected chi connectivity index (χ1v) is 6.34. The Morgan fingerprint density at radius 2 is 1.95 bits per heavy atom. The van der Waals surface area contributed by atoms with Crippen molar-refractivity contribution in [2.75, 3.05) is 0 Å². The first kappa shape index (κ1) is 13.3. The van der Waals surface area contributed by atoms with Gasteiger partial charge in [0.2, 0.25) is 0 Å². The maximum absolute atomic E-state index is 14.0. The molecule has 0 radical (unpaired) electrons. The number of aromatic nitrogens is 2. The Hall–Kier alpha value is -2.74. The summed E-state index contributed by atoms with van der Waals surface area (Å²) < 4.78 is 29.1. The van der Waals surface area contributed by atoms with E-state index in [1.54, 1.807) is 36.7 Å². The molecule has 2 aromatic carbocycles. The summed E-state index contributed by atoms with van der Waals surface area (Å²) in [6.45, 7) is 1.57. The lowest BCUT2D eigenvalue weighted by Crippen LogP contribution is -1.97. The van der Waals surface area contributed by atoms with E-state index in [1.807, 2.05) is 0 Å². The molecule has 104 valence electrons. The number of fused-ring (bicyclic) bond motifs is 1. The Morgan fingerprint density at radius 1 is 1.19 bits per heavy atom. The average molecular weight is 283 g/mol. The van der Waals surface area contributed by atoms with Gasteiger partial charge in [-0.25, -0.2) is 13.8 Å². The Balaban J connectivity index is 2.34. The third-order valence-electron chi connectivity index (χ3n) is 3.52. The molecule has 3 rings (SSSR count). The fourth-order valence-electron chi connectivity index (χ4n) is 2.37. The predicted molar refractivity (Wildman–Crippen MR) is 75.5 cm³/mol. The van der Waals surface area contributed by atoms with E-state index in [-0.39, 0.29) is 5.56 Å². The summed E-state index contributed by atoms with van der Waals surface area (Å²) in [6.07, 6.45) is 0. The van der Waals surface area contributed by atoms with Gasteiger partial charge in [-0.15, -0.1) is 0 Å². The molecule has 1 aromatic heterocycles. The Morgan fingerprint density at radius 3 is 2.67 bits per heavy atom.